The van der Waals surface area contributed by atoms with Crippen molar-refractivity contribution in [1.29, 1.82) is 0 Å². The summed E-state index contributed by atoms with van der Waals surface area (Å²) in [6.07, 6.45) is -3.50. The standard InChI is InChI=1S/C19H13F4N3O2/c20-13-3-1-2-11(8-13)16-6-5-14(10-25-16)26-18(27)12-4-7-17(15(24)9-12)28-19(21,22)23/h1-10H,24H2,(H,26,27). The van der Waals surface area contributed by atoms with Crippen LogP contribution in [-0.4, -0.2) is 17.3 Å². The lowest BCUT2D eigenvalue weighted by atomic mass is 10.1. The zero-order valence-electron chi connectivity index (χ0n) is 14.1. The lowest BCUT2D eigenvalue weighted by molar-refractivity contribution is -0.274. The third-order valence-corrected chi connectivity index (χ3v) is 3.64. The van der Waals surface area contributed by atoms with Gasteiger partial charge in [0.2, 0.25) is 0 Å². The smallest absolute Gasteiger partial charge is 0.404 e. The number of carbonyl (C=O) groups excluding carboxylic acids is 1. The number of nitrogens with one attached hydrogen (secondary N) is 1. The van der Waals surface area contributed by atoms with Gasteiger partial charge in [0.1, 0.15) is 5.82 Å². The molecule has 28 heavy (non-hydrogen) atoms. The number of nitrogens with two attached hydrogens (primary N) is 1. The Hall–Kier alpha value is -3.62. The quantitative estimate of drug-likeness (QED) is 0.503. The first-order chi connectivity index (χ1) is 13.2. The van der Waals surface area contributed by atoms with E-state index in [1.165, 1.54) is 18.3 Å². The van der Waals surface area contributed by atoms with E-state index in [0.717, 1.165) is 18.2 Å². The van der Waals surface area contributed by atoms with E-state index in [-0.39, 0.29) is 11.3 Å². The van der Waals surface area contributed by atoms with Gasteiger partial charge in [-0.2, -0.15) is 0 Å². The van der Waals surface area contributed by atoms with Crippen LogP contribution in [0.3, 0.4) is 0 Å². The molecule has 1 aromatic heterocycles. The molecular formula is C19H13F4N3O2. The second-order valence-electron chi connectivity index (χ2n) is 5.70. The lowest BCUT2D eigenvalue weighted by Gasteiger charge is -2.12. The summed E-state index contributed by atoms with van der Waals surface area (Å²) in [4.78, 5) is 16.4. The van der Waals surface area contributed by atoms with Crippen molar-refractivity contribution in [3.05, 3.63) is 72.2 Å². The van der Waals surface area contributed by atoms with E-state index in [0.29, 0.717) is 16.9 Å². The molecule has 0 saturated carbocycles. The van der Waals surface area contributed by atoms with E-state index in [1.807, 2.05) is 0 Å². The number of alkyl halides is 3. The number of hydrogen-bond donors (Lipinski definition) is 2. The minimum Gasteiger partial charge on any atom is -0.404 e. The highest BCUT2D eigenvalue weighted by Crippen LogP contribution is 2.29. The number of aromatic nitrogens is 1. The van der Waals surface area contributed by atoms with E-state index in [4.69, 9.17) is 5.73 Å². The molecule has 9 heteroatoms. The zero-order chi connectivity index (χ0) is 20.3. The number of nitrogen functional groups attached to an aromatic ring is 1. The van der Waals surface area contributed by atoms with Crippen molar-refractivity contribution in [2.45, 2.75) is 6.36 Å². The van der Waals surface area contributed by atoms with Gasteiger partial charge in [-0.3, -0.25) is 9.78 Å². The molecule has 0 aliphatic heterocycles. The van der Waals surface area contributed by atoms with E-state index >= 15 is 0 Å². The minimum absolute atomic E-state index is 0.0428. The van der Waals surface area contributed by atoms with Crippen molar-refractivity contribution < 1.29 is 27.1 Å². The summed E-state index contributed by atoms with van der Waals surface area (Å²) in [5.41, 5.74) is 6.65. The van der Waals surface area contributed by atoms with Gasteiger partial charge in [-0.15, -0.1) is 13.2 Å². The van der Waals surface area contributed by atoms with Gasteiger partial charge in [0.15, 0.2) is 5.75 Å². The fourth-order valence-corrected chi connectivity index (χ4v) is 2.40. The van der Waals surface area contributed by atoms with E-state index in [2.05, 4.69) is 15.0 Å². The highest BCUT2D eigenvalue weighted by molar-refractivity contribution is 6.05. The fraction of sp³-hybridized carbons (Fsp3) is 0.0526. The first-order valence-corrected chi connectivity index (χ1v) is 7.90. The number of anilines is 2. The monoisotopic (exact) mass is 391 g/mol. The van der Waals surface area contributed by atoms with Crippen LogP contribution in [0.4, 0.5) is 28.9 Å². The molecule has 0 fully saturated rings. The Balaban J connectivity index is 1.72. The average molecular weight is 391 g/mol. The second-order valence-corrected chi connectivity index (χ2v) is 5.70. The zero-order valence-corrected chi connectivity index (χ0v) is 14.1. The van der Waals surface area contributed by atoms with Crippen molar-refractivity contribution in [3.63, 3.8) is 0 Å². The van der Waals surface area contributed by atoms with Crippen LogP contribution in [0.15, 0.2) is 60.8 Å². The molecule has 0 aliphatic carbocycles. The summed E-state index contributed by atoms with van der Waals surface area (Å²) in [5, 5.41) is 2.55. The summed E-state index contributed by atoms with van der Waals surface area (Å²) in [5.74, 6) is -1.58. The van der Waals surface area contributed by atoms with E-state index in [1.54, 1.807) is 24.3 Å². The van der Waals surface area contributed by atoms with Crippen LogP contribution < -0.4 is 15.8 Å². The van der Waals surface area contributed by atoms with Gasteiger partial charge >= 0.3 is 6.36 Å². The average Bonchev–Trinajstić information content (AvgIpc) is 2.63. The molecule has 0 bridgehead atoms. The molecule has 3 rings (SSSR count). The molecule has 3 aromatic rings. The van der Waals surface area contributed by atoms with Gasteiger partial charge in [-0.25, -0.2) is 4.39 Å². The summed E-state index contributed by atoms with van der Waals surface area (Å²) < 4.78 is 53.8. The van der Waals surface area contributed by atoms with Crippen LogP contribution in [0, 0.1) is 5.82 Å². The molecule has 5 nitrogen and oxygen atoms in total. The largest absolute Gasteiger partial charge is 0.573 e. The van der Waals surface area contributed by atoms with Crippen LogP contribution >= 0.6 is 0 Å². The molecule has 0 atom stereocenters. The van der Waals surface area contributed by atoms with Gasteiger partial charge in [0.25, 0.3) is 5.91 Å². The topological polar surface area (TPSA) is 77.2 Å². The van der Waals surface area contributed by atoms with Crippen molar-refractivity contribution in [2.75, 3.05) is 11.1 Å². The SMILES string of the molecule is Nc1cc(C(=O)Nc2ccc(-c3cccc(F)c3)nc2)ccc1OC(F)(F)F. The molecule has 1 amide bonds. The van der Waals surface area contributed by atoms with Gasteiger partial charge in [0.05, 0.1) is 23.3 Å². The maximum atomic E-state index is 13.3. The molecule has 0 saturated heterocycles. The lowest BCUT2D eigenvalue weighted by Crippen LogP contribution is -2.18. The number of pyridine rings is 1. The van der Waals surface area contributed by atoms with Crippen molar-refractivity contribution in [1.82, 2.24) is 4.98 Å². The maximum Gasteiger partial charge on any atom is 0.573 e. The third-order valence-electron chi connectivity index (χ3n) is 3.64. The van der Waals surface area contributed by atoms with Crippen LogP contribution in [-0.2, 0) is 0 Å². The number of hydrogen-bond acceptors (Lipinski definition) is 4. The van der Waals surface area contributed by atoms with Crippen LogP contribution in [0.2, 0.25) is 0 Å². The molecule has 0 aliphatic rings. The fourth-order valence-electron chi connectivity index (χ4n) is 2.40. The van der Waals surface area contributed by atoms with Crippen molar-refractivity contribution in [3.8, 4) is 17.0 Å². The number of benzene rings is 2. The molecule has 0 spiro atoms. The minimum atomic E-state index is -4.88. The van der Waals surface area contributed by atoms with Gasteiger partial charge in [0, 0.05) is 11.1 Å². The number of ether oxygens (including phenoxy) is 1. The first-order valence-electron chi connectivity index (χ1n) is 7.90. The maximum absolute atomic E-state index is 13.3. The molecule has 1 heterocycles. The molecule has 2 aromatic carbocycles. The Morgan fingerprint density at radius 3 is 2.46 bits per heavy atom. The van der Waals surface area contributed by atoms with E-state index in [9.17, 15) is 22.4 Å². The van der Waals surface area contributed by atoms with Gasteiger partial charge in [-0.05, 0) is 42.5 Å². The molecule has 0 unspecified atom stereocenters. The number of halogens is 4. The third kappa shape index (κ3) is 4.76. The Morgan fingerprint density at radius 1 is 1.07 bits per heavy atom. The Morgan fingerprint density at radius 2 is 1.86 bits per heavy atom. The predicted molar refractivity (Wildman–Crippen MR) is 95.1 cm³/mol. The summed E-state index contributed by atoms with van der Waals surface area (Å²) in [6, 6.07) is 12.2. The number of carbonyl (C=O) groups is 1. The Labute approximate surface area is 156 Å². The van der Waals surface area contributed by atoms with Crippen molar-refractivity contribution in [2.24, 2.45) is 0 Å². The van der Waals surface area contributed by atoms with Crippen LogP contribution in [0.25, 0.3) is 11.3 Å². The normalized spacial score (nSPS) is 11.1. The highest BCUT2D eigenvalue weighted by atomic mass is 19.4. The summed E-state index contributed by atoms with van der Waals surface area (Å²) in [6.45, 7) is 0. The molecular weight excluding hydrogens is 378 g/mol. The predicted octanol–water partition coefficient (Wildman–Crippen LogP) is 4.62. The first kappa shape index (κ1) is 19.2. The van der Waals surface area contributed by atoms with Gasteiger partial charge in [-0.1, -0.05) is 12.1 Å². The molecule has 144 valence electrons. The summed E-state index contributed by atoms with van der Waals surface area (Å²) in [7, 11) is 0. The van der Waals surface area contributed by atoms with E-state index < -0.39 is 23.8 Å². The Bertz CT molecular complexity index is 1000. The summed E-state index contributed by atoms with van der Waals surface area (Å²) >= 11 is 0. The van der Waals surface area contributed by atoms with Crippen LogP contribution in [0.1, 0.15) is 10.4 Å². The Kier molecular flexibility index (Phi) is 5.16. The molecule has 0 radical (unpaired) electrons. The highest BCUT2D eigenvalue weighted by Gasteiger charge is 2.32. The number of rotatable bonds is 4. The van der Waals surface area contributed by atoms with Crippen LogP contribution in [0.5, 0.6) is 5.75 Å². The van der Waals surface area contributed by atoms with Crippen molar-refractivity contribution >= 4 is 17.3 Å². The number of amides is 1. The number of nitrogens with zero attached hydrogens (tertiary/aromatic N) is 1. The molecule has 3 N–H and O–H groups in total. The second kappa shape index (κ2) is 7.55. The van der Waals surface area contributed by atoms with Gasteiger partial charge < -0.3 is 15.8 Å².